The maximum atomic E-state index is 12.5. The molecule has 1 aliphatic heterocycles. The SMILES string of the molecule is COc1ccc(S(=O)(=O)N2CCOC(CBr)C2)cc1. The van der Waals surface area contributed by atoms with Gasteiger partial charge in [-0.25, -0.2) is 8.42 Å². The molecule has 0 amide bonds. The van der Waals surface area contributed by atoms with Gasteiger partial charge in [0.15, 0.2) is 0 Å². The molecule has 19 heavy (non-hydrogen) atoms. The van der Waals surface area contributed by atoms with Crippen molar-refractivity contribution in [2.45, 2.75) is 11.0 Å². The van der Waals surface area contributed by atoms with Crippen LogP contribution in [0.15, 0.2) is 29.2 Å². The lowest BCUT2D eigenvalue weighted by atomic mass is 10.3. The molecule has 1 aromatic rings. The van der Waals surface area contributed by atoms with Crippen molar-refractivity contribution in [3.63, 3.8) is 0 Å². The Kier molecular flexibility index (Phi) is 4.83. The Morgan fingerprint density at radius 3 is 2.68 bits per heavy atom. The quantitative estimate of drug-likeness (QED) is 0.772. The van der Waals surface area contributed by atoms with Crippen LogP contribution in [-0.4, -0.2) is 51.0 Å². The standard InChI is InChI=1S/C12H16BrNO4S/c1-17-10-2-4-12(5-3-10)19(15,16)14-6-7-18-11(8-13)9-14/h2-5,11H,6-9H2,1H3. The highest BCUT2D eigenvalue weighted by Gasteiger charge is 2.30. The van der Waals surface area contributed by atoms with E-state index in [9.17, 15) is 8.42 Å². The Bertz CT molecular complexity index is 517. The van der Waals surface area contributed by atoms with E-state index in [-0.39, 0.29) is 11.0 Å². The molecule has 1 fully saturated rings. The van der Waals surface area contributed by atoms with Gasteiger partial charge in [-0.15, -0.1) is 0 Å². The summed E-state index contributed by atoms with van der Waals surface area (Å²) in [6.07, 6.45) is -0.0956. The summed E-state index contributed by atoms with van der Waals surface area (Å²) in [6, 6.07) is 6.42. The maximum absolute atomic E-state index is 12.5. The lowest BCUT2D eigenvalue weighted by Gasteiger charge is -2.31. The van der Waals surface area contributed by atoms with Crippen molar-refractivity contribution in [2.24, 2.45) is 0 Å². The molecule has 5 nitrogen and oxygen atoms in total. The smallest absolute Gasteiger partial charge is 0.243 e. The third kappa shape index (κ3) is 3.28. The highest BCUT2D eigenvalue weighted by molar-refractivity contribution is 9.09. The molecule has 2 rings (SSSR count). The van der Waals surface area contributed by atoms with E-state index < -0.39 is 10.0 Å². The zero-order chi connectivity index (χ0) is 13.9. The molecule has 1 unspecified atom stereocenters. The van der Waals surface area contributed by atoms with Gasteiger partial charge < -0.3 is 9.47 Å². The van der Waals surface area contributed by atoms with Gasteiger partial charge in [-0.2, -0.15) is 4.31 Å². The van der Waals surface area contributed by atoms with E-state index >= 15 is 0 Å². The Labute approximate surface area is 121 Å². The van der Waals surface area contributed by atoms with Crippen molar-refractivity contribution in [1.29, 1.82) is 0 Å². The van der Waals surface area contributed by atoms with Gasteiger partial charge in [-0.05, 0) is 24.3 Å². The van der Waals surface area contributed by atoms with Crippen LogP contribution in [0.25, 0.3) is 0 Å². The minimum atomic E-state index is -3.45. The maximum Gasteiger partial charge on any atom is 0.243 e. The minimum absolute atomic E-state index is 0.0956. The number of nitrogens with zero attached hydrogens (tertiary/aromatic N) is 1. The number of methoxy groups -OCH3 is 1. The third-order valence-electron chi connectivity index (χ3n) is 2.97. The predicted molar refractivity (Wildman–Crippen MR) is 75.3 cm³/mol. The van der Waals surface area contributed by atoms with Gasteiger partial charge in [0, 0.05) is 18.4 Å². The minimum Gasteiger partial charge on any atom is -0.497 e. The van der Waals surface area contributed by atoms with Crippen LogP contribution in [0, 0.1) is 0 Å². The zero-order valence-corrected chi connectivity index (χ0v) is 13.0. The summed E-state index contributed by atoms with van der Waals surface area (Å²) in [7, 11) is -1.91. The highest BCUT2D eigenvalue weighted by atomic mass is 79.9. The van der Waals surface area contributed by atoms with Crippen LogP contribution < -0.4 is 4.74 Å². The lowest BCUT2D eigenvalue weighted by Crippen LogP contribution is -2.46. The van der Waals surface area contributed by atoms with Crippen LogP contribution in [0.1, 0.15) is 0 Å². The number of halogens is 1. The summed E-state index contributed by atoms with van der Waals surface area (Å²) >= 11 is 3.32. The van der Waals surface area contributed by atoms with Crippen LogP contribution in [0.2, 0.25) is 0 Å². The molecule has 0 N–H and O–H groups in total. The average molecular weight is 350 g/mol. The fourth-order valence-electron chi connectivity index (χ4n) is 1.90. The highest BCUT2D eigenvalue weighted by Crippen LogP contribution is 2.21. The molecule has 0 saturated carbocycles. The molecular weight excluding hydrogens is 334 g/mol. The van der Waals surface area contributed by atoms with Crippen LogP contribution >= 0.6 is 15.9 Å². The Hall–Kier alpha value is -0.630. The average Bonchev–Trinajstić information content (AvgIpc) is 2.47. The van der Waals surface area contributed by atoms with Gasteiger partial charge >= 0.3 is 0 Å². The summed E-state index contributed by atoms with van der Waals surface area (Å²) in [5, 5.41) is 0.627. The first-order chi connectivity index (χ1) is 9.07. The second-order valence-electron chi connectivity index (χ2n) is 4.19. The normalized spacial score (nSPS) is 21.3. The monoisotopic (exact) mass is 349 g/mol. The number of hydrogen-bond donors (Lipinski definition) is 0. The number of sulfonamides is 1. The van der Waals surface area contributed by atoms with Crippen molar-refractivity contribution >= 4 is 26.0 Å². The van der Waals surface area contributed by atoms with Crippen molar-refractivity contribution in [2.75, 3.05) is 32.1 Å². The molecule has 1 aliphatic rings. The number of ether oxygens (including phenoxy) is 2. The van der Waals surface area contributed by atoms with E-state index in [2.05, 4.69) is 15.9 Å². The summed E-state index contributed by atoms with van der Waals surface area (Å²) in [6.45, 7) is 1.18. The summed E-state index contributed by atoms with van der Waals surface area (Å²) < 4.78 is 36.9. The summed E-state index contributed by atoms with van der Waals surface area (Å²) in [4.78, 5) is 0.281. The first-order valence-corrected chi connectivity index (χ1v) is 8.46. The fraction of sp³-hybridized carbons (Fsp3) is 0.500. The lowest BCUT2D eigenvalue weighted by molar-refractivity contribution is 0.0136. The van der Waals surface area contributed by atoms with Crippen molar-refractivity contribution in [1.82, 2.24) is 4.31 Å². The van der Waals surface area contributed by atoms with Crippen molar-refractivity contribution in [3.8, 4) is 5.75 Å². The summed E-state index contributed by atoms with van der Waals surface area (Å²) in [5.41, 5.74) is 0. The molecule has 7 heteroatoms. The topological polar surface area (TPSA) is 55.8 Å². The number of morpholine rings is 1. The van der Waals surface area contributed by atoms with Crippen LogP contribution in [0.4, 0.5) is 0 Å². The van der Waals surface area contributed by atoms with E-state index in [4.69, 9.17) is 9.47 Å². The molecule has 1 saturated heterocycles. The van der Waals surface area contributed by atoms with Gasteiger partial charge in [0.1, 0.15) is 5.75 Å². The molecule has 1 aromatic carbocycles. The number of alkyl halides is 1. The van der Waals surface area contributed by atoms with Gasteiger partial charge in [0.2, 0.25) is 10.0 Å². The Balaban J connectivity index is 2.20. The largest absolute Gasteiger partial charge is 0.497 e. The number of hydrogen-bond acceptors (Lipinski definition) is 4. The molecule has 0 aromatic heterocycles. The van der Waals surface area contributed by atoms with Crippen LogP contribution in [-0.2, 0) is 14.8 Å². The van der Waals surface area contributed by atoms with Gasteiger partial charge in [-0.1, -0.05) is 15.9 Å². The second kappa shape index (κ2) is 6.21. The van der Waals surface area contributed by atoms with E-state index in [0.717, 1.165) is 0 Å². The molecule has 1 heterocycles. The van der Waals surface area contributed by atoms with E-state index in [0.29, 0.717) is 30.8 Å². The van der Waals surface area contributed by atoms with Gasteiger partial charge in [0.25, 0.3) is 0 Å². The van der Waals surface area contributed by atoms with Crippen LogP contribution in [0.5, 0.6) is 5.75 Å². The van der Waals surface area contributed by atoms with E-state index in [1.165, 1.54) is 4.31 Å². The molecule has 0 aliphatic carbocycles. The van der Waals surface area contributed by atoms with Gasteiger partial charge in [0.05, 0.1) is 24.7 Å². The first-order valence-electron chi connectivity index (χ1n) is 5.89. The molecular formula is C12H16BrNO4S. The zero-order valence-electron chi connectivity index (χ0n) is 10.6. The fourth-order valence-corrected chi connectivity index (χ4v) is 3.75. The predicted octanol–water partition coefficient (Wildman–Crippen LogP) is 1.48. The van der Waals surface area contributed by atoms with Crippen molar-refractivity contribution < 1.29 is 17.9 Å². The first kappa shape index (κ1) is 14.8. The third-order valence-corrected chi connectivity index (χ3v) is 5.57. The number of benzene rings is 1. The molecule has 1 atom stereocenters. The van der Waals surface area contributed by atoms with E-state index in [1.54, 1.807) is 31.4 Å². The Morgan fingerprint density at radius 2 is 2.11 bits per heavy atom. The summed E-state index contributed by atoms with van der Waals surface area (Å²) in [5.74, 6) is 0.638. The molecule has 0 bridgehead atoms. The Morgan fingerprint density at radius 1 is 1.42 bits per heavy atom. The second-order valence-corrected chi connectivity index (χ2v) is 6.77. The van der Waals surface area contributed by atoms with Crippen molar-refractivity contribution in [3.05, 3.63) is 24.3 Å². The van der Waals surface area contributed by atoms with Gasteiger partial charge in [-0.3, -0.25) is 0 Å². The molecule has 106 valence electrons. The molecule has 0 spiro atoms. The van der Waals surface area contributed by atoms with Crippen LogP contribution in [0.3, 0.4) is 0 Å². The van der Waals surface area contributed by atoms with E-state index in [1.807, 2.05) is 0 Å². The molecule has 0 radical (unpaired) electrons. The number of rotatable bonds is 4.